The van der Waals surface area contributed by atoms with Crippen LogP contribution < -0.4 is 0 Å². The number of halogens is 1. The van der Waals surface area contributed by atoms with Gasteiger partial charge < -0.3 is 0 Å². The Balaban J connectivity index is 2.43. The summed E-state index contributed by atoms with van der Waals surface area (Å²) in [5.74, 6) is 0. The van der Waals surface area contributed by atoms with Gasteiger partial charge in [-0.05, 0) is 34.7 Å². The maximum Gasteiger partial charge on any atom is 0.169 e. The Hall–Kier alpha value is -0.750. The second-order valence-electron chi connectivity index (χ2n) is 2.71. The highest BCUT2D eigenvalue weighted by molar-refractivity contribution is 14.1. The first-order chi connectivity index (χ1) is 6.79. The number of hydrogen-bond donors (Lipinski definition) is 0. The molecule has 0 saturated heterocycles. The van der Waals surface area contributed by atoms with Crippen LogP contribution in [0.3, 0.4) is 0 Å². The highest BCUT2D eigenvalue weighted by atomic mass is 127. The maximum absolute atomic E-state index is 10.5. The van der Waals surface area contributed by atoms with E-state index in [4.69, 9.17) is 0 Å². The second-order valence-corrected chi connectivity index (χ2v) is 4.81. The lowest BCUT2D eigenvalue weighted by molar-refractivity contribution is 0.111. The lowest BCUT2D eigenvalue weighted by Gasteiger charge is -1.95. The van der Waals surface area contributed by atoms with E-state index in [0.29, 0.717) is 5.69 Å². The van der Waals surface area contributed by atoms with Crippen molar-refractivity contribution in [2.75, 3.05) is 0 Å². The van der Waals surface area contributed by atoms with E-state index in [2.05, 4.69) is 27.6 Å². The van der Waals surface area contributed by atoms with E-state index >= 15 is 0 Å². The third kappa shape index (κ3) is 2.01. The summed E-state index contributed by atoms with van der Waals surface area (Å²) < 4.78 is 1.17. The van der Waals surface area contributed by atoms with Crippen LogP contribution in [0.5, 0.6) is 0 Å². The Labute approximate surface area is 99.1 Å². The van der Waals surface area contributed by atoms with Gasteiger partial charge in [0.25, 0.3) is 0 Å². The van der Waals surface area contributed by atoms with E-state index in [1.54, 1.807) is 5.38 Å². The Morgan fingerprint density at radius 3 is 2.93 bits per heavy atom. The summed E-state index contributed by atoms with van der Waals surface area (Å²) in [4.78, 5) is 14.6. The molecule has 1 heterocycles. The standard InChI is InChI=1S/C10H6INOS/c11-8-3-1-2-7(4-8)10-12-9(5-13)6-14-10/h1-6H. The van der Waals surface area contributed by atoms with Crippen molar-refractivity contribution in [1.82, 2.24) is 4.98 Å². The molecule has 0 radical (unpaired) electrons. The molecular weight excluding hydrogens is 309 g/mol. The maximum atomic E-state index is 10.5. The molecule has 0 spiro atoms. The van der Waals surface area contributed by atoms with Crippen LogP contribution in [0.1, 0.15) is 10.5 Å². The summed E-state index contributed by atoms with van der Waals surface area (Å²) in [6, 6.07) is 8.06. The zero-order valence-corrected chi connectivity index (χ0v) is 10.1. The molecule has 0 unspecified atom stereocenters. The van der Waals surface area contributed by atoms with Crippen LogP contribution in [0.25, 0.3) is 10.6 Å². The van der Waals surface area contributed by atoms with Gasteiger partial charge in [-0.2, -0.15) is 0 Å². The van der Waals surface area contributed by atoms with Gasteiger partial charge in [0.1, 0.15) is 10.7 Å². The van der Waals surface area contributed by atoms with Crippen molar-refractivity contribution in [3.05, 3.63) is 38.9 Å². The third-order valence-corrected chi connectivity index (χ3v) is 3.29. The van der Waals surface area contributed by atoms with Gasteiger partial charge in [-0.1, -0.05) is 12.1 Å². The van der Waals surface area contributed by atoms with Gasteiger partial charge in [-0.15, -0.1) is 11.3 Å². The molecule has 70 valence electrons. The molecular formula is C10H6INOS. The van der Waals surface area contributed by atoms with E-state index in [0.717, 1.165) is 16.9 Å². The van der Waals surface area contributed by atoms with E-state index < -0.39 is 0 Å². The average Bonchev–Trinajstić information content (AvgIpc) is 2.66. The number of rotatable bonds is 2. The van der Waals surface area contributed by atoms with Crippen LogP contribution in [0.4, 0.5) is 0 Å². The number of aromatic nitrogens is 1. The Morgan fingerprint density at radius 1 is 1.43 bits per heavy atom. The zero-order chi connectivity index (χ0) is 9.97. The molecule has 0 saturated carbocycles. The average molecular weight is 315 g/mol. The Bertz CT molecular complexity index is 467. The van der Waals surface area contributed by atoms with Crippen molar-refractivity contribution < 1.29 is 4.79 Å². The monoisotopic (exact) mass is 315 g/mol. The smallest absolute Gasteiger partial charge is 0.169 e. The fourth-order valence-corrected chi connectivity index (χ4v) is 2.40. The number of hydrogen-bond acceptors (Lipinski definition) is 3. The summed E-state index contributed by atoms with van der Waals surface area (Å²) in [5, 5.41) is 2.66. The van der Waals surface area contributed by atoms with Gasteiger partial charge in [0, 0.05) is 14.5 Å². The van der Waals surface area contributed by atoms with Crippen molar-refractivity contribution in [3.63, 3.8) is 0 Å². The Morgan fingerprint density at radius 2 is 2.29 bits per heavy atom. The molecule has 1 aromatic heterocycles. The fraction of sp³-hybridized carbons (Fsp3) is 0. The molecule has 0 aliphatic heterocycles. The van der Waals surface area contributed by atoms with Crippen LogP contribution in [0, 0.1) is 3.57 Å². The molecule has 0 bridgehead atoms. The fourth-order valence-electron chi connectivity index (χ4n) is 1.09. The van der Waals surface area contributed by atoms with Crippen molar-refractivity contribution in [1.29, 1.82) is 0 Å². The highest BCUT2D eigenvalue weighted by Gasteiger charge is 2.03. The predicted octanol–water partition coefficient (Wildman–Crippen LogP) is 3.23. The summed E-state index contributed by atoms with van der Waals surface area (Å²) in [6.45, 7) is 0. The first-order valence-corrected chi connectivity index (χ1v) is 5.92. The topological polar surface area (TPSA) is 30.0 Å². The quantitative estimate of drug-likeness (QED) is 0.629. The molecule has 0 aliphatic rings. The summed E-state index contributed by atoms with van der Waals surface area (Å²) in [7, 11) is 0. The molecule has 2 nitrogen and oxygen atoms in total. The Kier molecular flexibility index (Phi) is 2.93. The number of carbonyl (C=O) groups is 1. The highest BCUT2D eigenvalue weighted by Crippen LogP contribution is 2.24. The first-order valence-electron chi connectivity index (χ1n) is 3.96. The number of aldehydes is 1. The molecule has 14 heavy (non-hydrogen) atoms. The molecule has 2 aromatic rings. The van der Waals surface area contributed by atoms with E-state index in [-0.39, 0.29) is 0 Å². The lowest BCUT2D eigenvalue weighted by atomic mass is 10.2. The van der Waals surface area contributed by atoms with Crippen molar-refractivity contribution in [2.24, 2.45) is 0 Å². The van der Waals surface area contributed by atoms with Crippen LogP contribution in [0.2, 0.25) is 0 Å². The second kappa shape index (κ2) is 4.18. The van der Waals surface area contributed by atoms with Crippen LogP contribution >= 0.6 is 33.9 Å². The van der Waals surface area contributed by atoms with Crippen LogP contribution in [-0.2, 0) is 0 Å². The van der Waals surface area contributed by atoms with Gasteiger partial charge in [0.05, 0.1) is 0 Å². The number of benzene rings is 1. The van der Waals surface area contributed by atoms with E-state index in [1.807, 2.05) is 24.3 Å². The molecule has 2 rings (SSSR count). The molecule has 0 fully saturated rings. The van der Waals surface area contributed by atoms with E-state index in [9.17, 15) is 4.79 Å². The van der Waals surface area contributed by atoms with Gasteiger partial charge in [0.2, 0.25) is 0 Å². The van der Waals surface area contributed by atoms with Crippen LogP contribution in [-0.4, -0.2) is 11.3 Å². The molecule has 0 aliphatic carbocycles. The first kappa shape index (κ1) is 9.79. The summed E-state index contributed by atoms with van der Waals surface area (Å²) in [6.07, 6.45) is 0.772. The largest absolute Gasteiger partial charge is 0.296 e. The summed E-state index contributed by atoms with van der Waals surface area (Å²) in [5.41, 5.74) is 1.57. The van der Waals surface area contributed by atoms with E-state index in [1.165, 1.54) is 14.9 Å². The molecule has 4 heteroatoms. The summed E-state index contributed by atoms with van der Waals surface area (Å²) >= 11 is 3.75. The zero-order valence-electron chi connectivity index (χ0n) is 7.11. The SMILES string of the molecule is O=Cc1csc(-c2cccc(I)c2)n1. The van der Waals surface area contributed by atoms with Gasteiger partial charge >= 0.3 is 0 Å². The number of nitrogens with zero attached hydrogens (tertiary/aromatic N) is 1. The van der Waals surface area contributed by atoms with Crippen LogP contribution in [0.15, 0.2) is 29.6 Å². The predicted molar refractivity (Wildman–Crippen MR) is 65.7 cm³/mol. The van der Waals surface area contributed by atoms with Gasteiger partial charge in [-0.3, -0.25) is 4.79 Å². The molecule has 0 N–H and O–H groups in total. The normalized spacial score (nSPS) is 10.1. The van der Waals surface area contributed by atoms with Crippen molar-refractivity contribution >= 4 is 40.2 Å². The van der Waals surface area contributed by atoms with Gasteiger partial charge in [0.15, 0.2) is 6.29 Å². The lowest BCUT2D eigenvalue weighted by Crippen LogP contribution is -1.80. The molecule has 1 aromatic carbocycles. The van der Waals surface area contributed by atoms with Gasteiger partial charge in [-0.25, -0.2) is 4.98 Å². The minimum atomic E-state index is 0.504. The van der Waals surface area contributed by atoms with Crippen molar-refractivity contribution in [2.45, 2.75) is 0 Å². The minimum Gasteiger partial charge on any atom is -0.296 e. The number of carbonyl (C=O) groups excluding carboxylic acids is 1. The van der Waals surface area contributed by atoms with Crippen molar-refractivity contribution in [3.8, 4) is 10.6 Å². The third-order valence-electron chi connectivity index (χ3n) is 1.71. The molecule has 0 atom stereocenters. The molecule has 0 amide bonds. The minimum absolute atomic E-state index is 0.504. The number of thiazole rings is 1.